The molecule has 1 aliphatic carbocycles. The number of nitrogens with two attached hydrogens (primary N) is 1. The highest BCUT2D eigenvalue weighted by molar-refractivity contribution is 6.33. The summed E-state index contributed by atoms with van der Waals surface area (Å²) >= 11 is 6.14. The zero-order chi connectivity index (χ0) is 15.1. The Kier molecular flexibility index (Phi) is 6.52. The Bertz CT molecular complexity index is 468. The minimum atomic E-state index is 0.0304. The SMILES string of the molecule is Cc1ccc(NC(=O)C[NH2+]C2CCCCCCC2)c(Cl)c1. The van der Waals surface area contributed by atoms with E-state index < -0.39 is 0 Å². The van der Waals surface area contributed by atoms with Gasteiger partial charge in [-0.05, 0) is 50.3 Å². The van der Waals surface area contributed by atoms with Crippen molar-refractivity contribution >= 4 is 23.2 Å². The number of amides is 1. The molecule has 1 saturated carbocycles. The molecule has 1 aromatic carbocycles. The number of halogens is 1. The summed E-state index contributed by atoms with van der Waals surface area (Å²) in [5.41, 5.74) is 1.80. The van der Waals surface area contributed by atoms with E-state index in [2.05, 4.69) is 10.6 Å². The Morgan fingerprint density at radius 3 is 2.57 bits per heavy atom. The van der Waals surface area contributed by atoms with Crippen LogP contribution in [0.1, 0.15) is 50.5 Å². The van der Waals surface area contributed by atoms with Gasteiger partial charge in [0, 0.05) is 0 Å². The predicted molar refractivity (Wildman–Crippen MR) is 87.7 cm³/mol. The smallest absolute Gasteiger partial charge is 0.279 e. The predicted octanol–water partition coefficient (Wildman–Crippen LogP) is 3.26. The number of benzene rings is 1. The standard InChI is InChI=1S/C17H25ClN2O/c1-13-9-10-16(15(18)11-13)20-17(21)12-19-14-7-5-3-2-4-6-8-14/h9-11,14,19H,2-8,12H2,1H3,(H,20,21)/p+1. The molecule has 0 radical (unpaired) electrons. The number of quaternary nitrogens is 1. The quantitative estimate of drug-likeness (QED) is 0.881. The Hall–Kier alpha value is -1.06. The highest BCUT2D eigenvalue weighted by atomic mass is 35.5. The molecule has 0 aromatic heterocycles. The highest BCUT2D eigenvalue weighted by Gasteiger charge is 2.16. The molecule has 0 bridgehead atoms. The van der Waals surface area contributed by atoms with E-state index in [-0.39, 0.29) is 5.91 Å². The van der Waals surface area contributed by atoms with Gasteiger partial charge in [-0.1, -0.05) is 36.9 Å². The summed E-state index contributed by atoms with van der Waals surface area (Å²) in [5.74, 6) is 0.0304. The molecular formula is C17H26ClN2O+. The van der Waals surface area contributed by atoms with Crippen LogP contribution in [0.5, 0.6) is 0 Å². The van der Waals surface area contributed by atoms with Crippen LogP contribution >= 0.6 is 11.6 Å². The van der Waals surface area contributed by atoms with Gasteiger partial charge >= 0.3 is 0 Å². The van der Waals surface area contributed by atoms with Crippen LogP contribution < -0.4 is 10.6 Å². The first-order chi connectivity index (χ1) is 10.1. The zero-order valence-corrected chi connectivity index (χ0v) is 13.6. The normalized spacial score (nSPS) is 17.0. The van der Waals surface area contributed by atoms with Crippen LogP contribution in [0.2, 0.25) is 5.02 Å². The Morgan fingerprint density at radius 1 is 1.24 bits per heavy atom. The largest absolute Gasteiger partial charge is 0.336 e. The van der Waals surface area contributed by atoms with Crippen molar-refractivity contribution in [3.05, 3.63) is 28.8 Å². The molecule has 3 nitrogen and oxygen atoms in total. The first-order valence-corrected chi connectivity index (χ1v) is 8.42. The lowest BCUT2D eigenvalue weighted by Gasteiger charge is -2.18. The fourth-order valence-corrected chi connectivity index (χ4v) is 3.20. The maximum Gasteiger partial charge on any atom is 0.279 e. The number of carbonyl (C=O) groups excluding carboxylic acids is 1. The van der Waals surface area contributed by atoms with Crippen LogP contribution in [0.4, 0.5) is 5.69 Å². The van der Waals surface area contributed by atoms with Gasteiger partial charge in [-0.2, -0.15) is 0 Å². The molecule has 1 fully saturated rings. The molecule has 0 spiro atoms. The number of hydrogen-bond acceptors (Lipinski definition) is 1. The van der Waals surface area contributed by atoms with E-state index in [1.165, 1.54) is 44.9 Å². The van der Waals surface area contributed by atoms with Crippen LogP contribution in [0.3, 0.4) is 0 Å². The maximum absolute atomic E-state index is 12.0. The van der Waals surface area contributed by atoms with Gasteiger partial charge in [0.25, 0.3) is 5.91 Å². The molecule has 0 saturated heterocycles. The second kappa shape index (κ2) is 8.40. The van der Waals surface area contributed by atoms with Crippen molar-refractivity contribution in [1.82, 2.24) is 0 Å². The van der Waals surface area contributed by atoms with E-state index in [1.807, 2.05) is 25.1 Å². The van der Waals surface area contributed by atoms with E-state index in [1.54, 1.807) is 0 Å². The first-order valence-electron chi connectivity index (χ1n) is 8.04. The minimum Gasteiger partial charge on any atom is -0.336 e. The lowest BCUT2D eigenvalue weighted by molar-refractivity contribution is -0.680. The monoisotopic (exact) mass is 309 g/mol. The lowest BCUT2D eigenvalue weighted by Crippen LogP contribution is -2.91. The van der Waals surface area contributed by atoms with E-state index in [4.69, 9.17) is 11.6 Å². The summed E-state index contributed by atoms with van der Waals surface area (Å²) in [6.45, 7) is 2.47. The topological polar surface area (TPSA) is 45.7 Å². The Balaban J connectivity index is 1.78. The molecular weight excluding hydrogens is 284 g/mol. The lowest BCUT2D eigenvalue weighted by atomic mass is 9.97. The second-order valence-corrected chi connectivity index (χ2v) is 6.48. The molecule has 1 aromatic rings. The second-order valence-electron chi connectivity index (χ2n) is 6.08. The third-order valence-corrected chi connectivity index (χ3v) is 4.50. The number of hydrogen-bond donors (Lipinski definition) is 2. The van der Waals surface area contributed by atoms with Crippen LogP contribution in [-0.4, -0.2) is 18.5 Å². The average Bonchev–Trinajstić information content (AvgIpc) is 2.41. The molecule has 4 heteroatoms. The van der Waals surface area contributed by atoms with Crippen molar-refractivity contribution in [3.8, 4) is 0 Å². The summed E-state index contributed by atoms with van der Waals surface area (Å²) in [5, 5.41) is 5.71. The fraction of sp³-hybridized carbons (Fsp3) is 0.588. The van der Waals surface area contributed by atoms with Gasteiger partial charge in [0.1, 0.15) is 0 Å². The number of carbonyl (C=O) groups is 1. The number of anilines is 1. The molecule has 1 aliphatic rings. The average molecular weight is 310 g/mol. The first kappa shape index (κ1) is 16.3. The van der Waals surface area contributed by atoms with Crippen molar-refractivity contribution in [2.75, 3.05) is 11.9 Å². The van der Waals surface area contributed by atoms with E-state index in [9.17, 15) is 4.79 Å². The van der Waals surface area contributed by atoms with Gasteiger partial charge in [-0.3, -0.25) is 4.79 Å². The van der Waals surface area contributed by atoms with Crippen molar-refractivity contribution in [2.45, 2.75) is 57.9 Å². The van der Waals surface area contributed by atoms with Crippen molar-refractivity contribution in [2.24, 2.45) is 0 Å². The van der Waals surface area contributed by atoms with E-state index in [0.717, 1.165) is 5.56 Å². The number of nitrogens with one attached hydrogen (secondary N) is 1. The van der Waals surface area contributed by atoms with Gasteiger partial charge in [-0.15, -0.1) is 0 Å². The van der Waals surface area contributed by atoms with Gasteiger partial charge in [0.15, 0.2) is 6.54 Å². The van der Waals surface area contributed by atoms with Gasteiger partial charge in [0.2, 0.25) is 0 Å². The van der Waals surface area contributed by atoms with Gasteiger partial charge in [-0.25, -0.2) is 0 Å². The third kappa shape index (κ3) is 5.68. The van der Waals surface area contributed by atoms with Crippen LogP contribution in [0.15, 0.2) is 18.2 Å². The van der Waals surface area contributed by atoms with Crippen molar-refractivity contribution < 1.29 is 10.1 Å². The molecule has 0 heterocycles. The molecule has 0 atom stereocenters. The summed E-state index contributed by atoms with van der Waals surface area (Å²) in [7, 11) is 0. The molecule has 21 heavy (non-hydrogen) atoms. The molecule has 116 valence electrons. The van der Waals surface area contributed by atoms with Crippen molar-refractivity contribution in [1.29, 1.82) is 0 Å². The number of aryl methyl sites for hydroxylation is 1. The van der Waals surface area contributed by atoms with E-state index >= 15 is 0 Å². The molecule has 0 unspecified atom stereocenters. The van der Waals surface area contributed by atoms with Crippen LogP contribution in [0.25, 0.3) is 0 Å². The maximum atomic E-state index is 12.0. The summed E-state index contributed by atoms with van der Waals surface area (Å²) in [4.78, 5) is 12.0. The van der Waals surface area contributed by atoms with Crippen molar-refractivity contribution in [3.63, 3.8) is 0 Å². The van der Waals surface area contributed by atoms with Gasteiger partial charge in [0.05, 0.1) is 16.8 Å². The minimum absolute atomic E-state index is 0.0304. The van der Waals surface area contributed by atoms with Gasteiger partial charge < -0.3 is 10.6 Å². The fourth-order valence-electron chi connectivity index (χ4n) is 2.92. The molecule has 0 aliphatic heterocycles. The van der Waals surface area contributed by atoms with Crippen LogP contribution in [-0.2, 0) is 4.79 Å². The molecule has 2 rings (SSSR count). The Morgan fingerprint density at radius 2 is 1.90 bits per heavy atom. The van der Waals surface area contributed by atoms with Crippen LogP contribution in [0, 0.1) is 6.92 Å². The zero-order valence-electron chi connectivity index (χ0n) is 12.8. The summed E-state index contributed by atoms with van der Waals surface area (Å²) in [6.07, 6.45) is 9.13. The third-order valence-electron chi connectivity index (χ3n) is 4.19. The highest BCUT2D eigenvalue weighted by Crippen LogP contribution is 2.22. The summed E-state index contributed by atoms with van der Waals surface area (Å²) < 4.78 is 0. The molecule has 3 N–H and O–H groups in total. The molecule has 1 amide bonds. The Labute approximate surface area is 132 Å². The number of rotatable bonds is 4. The van der Waals surface area contributed by atoms with E-state index in [0.29, 0.717) is 23.3 Å². The summed E-state index contributed by atoms with van der Waals surface area (Å²) in [6, 6.07) is 6.30.